The van der Waals surface area contributed by atoms with Crippen LogP contribution in [0.2, 0.25) is 0 Å². The van der Waals surface area contributed by atoms with Crippen LogP contribution in [0.5, 0.6) is 0 Å². The highest BCUT2D eigenvalue weighted by Crippen LogP contribution is 2.38. The van der Waals surface area contributed by atoms with Crippen LogP contribution in [0.3, 0.4) is 0 Å². The molecule has 0 unspecified atom stereocenters. The molecule has 1 aliphatic carbocycles. The lowest BCUT2D eigenvalue weighted by Gasteiger charge is -2.38. The van der Waals surface area contributed by atoms with Crippen molar-refractivity contribution in [3.63, 3.8) is 0 Å². The van der Waals surface area contributed by atoms with Gasteiger partial charge >= 0.3 is 0 Å². The van der Waals surface area contributed by atoms with E-state index < -0.39 is 0 Å². The highest BCUT2D eigenvalue weighted by Gasteiger charge is 2.32. The van der Waals surface area contributed by atoms with Crippen molar-refractivity contribution < 1.29 is 9.47 Å². The van der Waals surface area contributed by atoms with Crippen LogP contribution in [-0.2, 0) is 9.47 Å². The Hall–Kier alpha value is -1.37. The molecule has 25 heavy (non-hydrogen) atoms. The molecule has 1 heterocycles. The minimum Gasteiger partial charge on any atom is -0.348 e. The zero-order valence-corrected chi connectivity index (χ0v) is 15.5. The van der Waals surface area contributed by atoms with E-state index in [1.807, 2.05) is 24.3 Å². The summed E-state index contributed by atoms with van der Waals surface area (Å²) in [6, 6.07) is 9.67. The van der Waals surface area contributed by atoms with Crippen LogP contribution < -0.4 is 0 Å². The Morgan fingerprint density at radius 3 is 2.24 bits per heavy atom. The fourth-order valence-corrected chi connectivity index (χ4v) is 4.33. The van der Waals surface area contributed by atoms with Crippen LogP contribution in [0.4, 0.5) is 0 Å². The van der Waals surface area contributed by atoms with Gasteiger partial charge < -0.3 is 9.47 Å². The molecule has 136 valence electrons. The lowest BCUT2D eigenvalue weighted by Crippen LogP contribution is -2.34. The summed E-state index contributed by atoms with van der Waals surface area (Å²) in [4.78, 5) is 0. The lowest BCUT2D eigenvalue weighted by molar-refractivity contribution is -0.214. The molecule has 2 fully saturated rings. The summed E-state index contributed by atoms with van der Waals surface area (Å²) in [6.45, 7) is 3.89. The first-order valence-corrected chi connectivity index (χ1v) is 10.0. The molecule has 1 aromatic carbocycles. The molecule has 2 aliphatic rings. The molecular formula is C22H31NO2. The third-order valence-corrected chi connectivity index (χ3v) is 6.01. The molecule has 1 aromatic rings. The van der Waals surface area contributed by atoms with Gasteiger partial charge in [-0.2, -0.15) is 5.26 Å². The molecule has 3 heteroatoms. The fraction of sp³-hybridized carbons (Fsp3) is 0.682. The third kappa shape index (κ3) is 5.06. The zero-order valence-electron chi connectivity index (χ0n) is 15.5. The Morgan fingerprint density at radius 2 is 1.64 bits per heavy atom. The smallest absolute Gasteiger partial charge is 0.183 e. The van der Waals surface area contributed by atoms with Crippen LogP contribution in [0, 0.1) is 29.1 Å². The van der Waals surface area contributed by atoms with Crippen molar-refractivity contribution in [2.45, 2.75) is 64.6 Å². The maximum atomic E-state index is 8.88. The summed E-state index contributed by atoms with van der Waals surface area (Å²) in [5.74, 6) is 2.27. The van der Waals surface area contributed by atoms with E-state index in [1.165, 1.54) is 51.4 Å². The predicted octanol–water partition coefficient (Wildman–Crippen LogP) is 5.61. The van der Waals surface area contributed by atoms with Gasteiger partial charge in [-0.3, -0.25) is 0 Å². The number of benzene rings is 1. The van der Waals surface area contributed by atoms with Gasteiger partial charge in [-0.15, -0.1) is 0 Å². The van der Waals surface area contributed by atoms with Gasteiger partial charge in [-0.25, -0.2) is 0 Å². The molecule has 3 rings (SSSR count). The second kappa shape index (κ2) is 9.36. The highest BCUT2D eigenvalue weighted by atomic mass is 16.7. The van der Waals surface area contributed by atoms with Gasteiger partial charge in [0, 0.05) is 11.5 Å². The fourth-order valence-electron chi connectivity index (χ4n) is 4.33. The summed E-state index contributed by atoms with van der Waals surface area (Å²) in [5, 5.41) is 8.88. The zero-order chi connectivity index (χ0) is 17.5. The van der Waals surface area contributed by atoms with Crippen molar-refractivity contribution in [2.75, 3.05) is 13.2 Å². The molecule has 0 amide bonds. The van der Waals surface area contributed by atoms with Gasteiger partial charge in [0.2, 0.25) is 0 Å². The number of unbranched alkanes of at least 4 members (excludes halogenated alkanes) is 2. The van der Waals surface area contributed by atoms with Crippen LogP contribution in [0.15, 0.2) is 24.3 Å². The van der Waals surface area contributed by atoms with Crippen molar-refractivity contribution in [1.29, 1.82) is 5.26 Å². The van der Waals surface area contributed by atoms with E-state index in [-0.39, 0.29) is 6.29 Å². The summed E-state index contributed by atoms with van der Waals surface area (Å²) < 4.78 is 12.0. The third-order valence-electron chi connectivity index (χ3n) is 6.01. The largest absolute Gasteiger partial charge is 0.348 e. The molecule has 1 aliphatic heterocycles. The van der Waals surface area contributed by atoms with Crippen molar-refractivity contribution in [3.05, 3.63) is 35.4 Å². The second-order valence-corrected chi connectivity index (χ2v) is 7.77. The molecular weight excluding hydrogens is 310 g/mol. The monoisotopic (exact) mass is 341 g/mol. The SMILES string of the molecule is CCCCCC1CCC([C@H]2CO[C@H](c3ccc(C#N)cc3)OC2)CC1. The Bertz CT molecular complexity index is 546. The molecule has 0 aromatic heterocycles. The van der Waals surface area contributed by atoms with Gasteiger partial charge in [0.1, 0.15) is 0 Å². The van der Waals surface area contributed by atoms with Crippen molar-refractivity contribution in [2.24, 2.45) is 17.8 Å². The summed E-state index contributed by atoms with van der Waals surface area (Å²) in [5.41, 5.74) is 1.69. The van der Waals surface area contributed by atoms with Crippen LogP contribution >= 0.6 is 0 Å². The number of ether oxygens (including phenoxy) is 2. The molecule has 3 nitrogen and oxygen atoms in total. The maximum Gasteiger partial charge on any atom is 0.183 e. The van der Waals surface area contributed by atoms with Crippen LogP contribution in [0.25, 0.3) is 0 Å². The molecule has 0 atom stereocenters. The van der Waals surface area contributed by atoms with E-state index >= 15 is 0 Å². The highest BCUT2D eigenvalue weighted by molar-refractivity contribution is 5.32. The first-order valence-electron chi connectivity index (χ1n) is 10.0. The van der Waals surface area contributed by atoms with Crippen molar-refractivity contribution >= 4 is 0 Å². The molecule has 0 bridgehead atoms. The van der Waals surface area contributed by atoms with E-state index in [1.54, 1.807) is 0 Å². The van der Waals surface area contributed by atoms with Gasteiger partial charge in [-0.1, -0.05) is 57.6 Å². The predicted molar refractivity (Wildman–Crippen MR) is 98.9 cm³/mol. The molecule has 1 saturated heterocycles. The first kappa shape index (κ1) is 18.4. The second-order valence-electron chi connectivity index (χ2n) is 7.77. The van der Waals surface area contributed by atoms with Gasteiger partial charge in [0.05, 0.1) is 24.8 Å². The quantitative estimate of drug-likeness (QED) is 0.632. The Kier molecular flexibility index (Phi) is 6.90. The number of hydrogen-bond donors (Lipinski definition) is 0. The summed E-state index contributed by atoms with van der Waals surface area (Å²) in [7, 11) is 0. The van der Waals surface area contributed by atoms with E-state index in [0.29, 0.717) is 11.5 Å². The number of rotatable bonds is 6. The standard InChI is InChI=1S/C22H31NO2/c1-2-3-4-5-17-6-10-19(11-7-17)21-15-24-22(25-16-21)20-12-8-18(14-23)9-13-20/h8-9,12-13,17,19,21-22H,2-7,10-11,15-16H2,1H3/t17?,19?,21-,22-. The number of nitriles is 1. The van der Waals surface area contributed by atoms with E-state index in [2.05, 4.69) is 13.0 Å². The van der Waals surface area contributed by atoms with Crippen molar-refractivity contribution in [3.8, 4) is 6.07 Å². The lowest BCUT2D eigenvalue weighted by atomic mass is 9.74. The van der Waals surface area contributed by atoms with E-state index in [9.17, 15) is 0 Å². The molecule has 0 spiro atoms. The minimum absolute atomic E-state index is 0.269. The normalized spacial score (nSPS) is 29.9. The Balaban J connectivity index is 1.41. The van der Waals surface area contributed by atoms with Gasteiger partial charge in [0.25, 0.3) is 0 Å². The molecule has 0 radical (unpaired) electrons. The number of hydrogen-bond acceptors (Lipinski definition) is 3. The van der Waals surface area contributed by atoms with E-state index in [4.69, 9.17) is 14.7 Å². The average Bonchev–Trinajstić information content (AvgIpc) is 2.69. The average molecular weight is 341 g/mol. The maximum absolute atomic E-state index is 8.88. The Morgan fingerprint density at radius 1 is 0.960 bits per heavy atom. The summed E-state index contributed by atoms with van der Waals surface area (Å²) in [6.07, 6.45) is 10.8. The topological polar surface area (TPSA) is 42.2 Å². The minimum atomic E-state index is -0.269. The van der Waals surface area contributed by atoms with Gasteiger partial charge in [-0.05, 0) is 36.8 Å². The number of nitrogens with zero attached hydrogens (tertiary/aromatic N) is 1. The Labute approximate surface area is 152 Å². The molecule has 0 N–H and O–H groups in total. The van der Waals surface area contributed by atoms with Crippen LogP contribution in [0.1, 0.15) is 75.7 Å². The van der Waals surface area contributed by atoms with Gasteiger partial charge in [0.15, 0.2) is 6.29 Å². The summed E-state index contributed by atoms with van der Waals surface area (Å²) >= 11 is 0. The molecule has 1 saturated carbocycles. The first-order chi connectivity index (χ1) is 12.3. The van der Waals surface area contributed by atoms with E-state index in [0.717, 1.165) is 30.6 Å². The van der Waals surface area contributed by atoms with Crippen LogP contribution in [-0.4, -0.2) is 13.2 Å². The van der Waals surface area contributed by atoms with Crippen molar-refractivity contribution in [1.82, 2.24) is 0 Å².